The molecule has 0 aliphatic heterocycles. The first-order valence-corrected chi connectivity index (χ1v) is 6.57. The van der Waals surface area contributed by atoms with Gasteiger partial charge in [0.25, 0.3) is 0 Å². The van der Waals surface area contributed by atoms with Crippen LogP contribution < -0.4 is 5.32 Å². The van der Waals surface area contributed by atoms with E-state index in [1.807, 2.05) is 6.92 Å². The van der Waals surface area contributed by atoms with Crippen LogP contribution in [0, 0.1) is 0 Å². The molecule has 2 aromatic heterocycles. The van der Waals surface area contributed by atoms with E-state index in [1.54, 1.807) is 4.52 Å². The van der Waals surface area contributed by atoms with Crippen molar-refractivity contribution in [1.29, 1.82) is 0 Å². The van der Waals surface area contributed by atoms with Gasteiger partial charge in [0, 0.05) is 12.8 Å². The summed E-state index contributed by atoms with van der Waals surface area (Å²) in [7, 11) is 0. The van der Waals surface area contributed by atoms with Crippen LogP contribution in [-0.2, 0) is 11.2 Å². The summed E-state index contributed by atoms with van der Waals surface area (Å²) in [6.45, 7) is 4.05. The second-order valence-electron chi connectivity index (χ2n) is 3.77. The fraction of sp³-hybridized carbons (Fsp3) is 0.600. The number of nitrogens with zero attached hydrogens (tertiary/aromatic N) is 4. The molecule has 92 valence electrons. The number of carbonyl (C=O) groups is 1. The number of nitrogens with one attached hydrogen (secondary N) is 1. The van der Waals surface area contributed by atoms with Gasteiger partial charge in [0.05, 0.1) is 0 Å². The molecule has 7 heteroatoms. The summed E-state index contributed by atoms with van der Waals surface area (Å²) in [4.78, 5) is 12.2. The Labute approximate surface area is 103 Å². The molecule has 1 amide bonds. The first-order valence-electron chi connectivity index (χ1n) is 5.75. The molecule has 0 unspecified atom stereocenters. The van der Waals surface area contributed by atoms with Gasteiger partial charge in [-0.15, -0.1) is 15.3 Å². The maximum absolute atomic E-state index is 11.4. The molecular weight excluding hydrogens is 238 g/mol. The van der Waals surface area contributed by atoms with Gasteiger partial charge in [-0.05, 0) is 12.8 Å². The number of aromatic nitrogens is 4. The number of aryl methyl sites for hydroxylation is 1. The van der Waals surface area contributed by atoms with Gasteiger partial charge >= 0.3 is 0 Å². The number of anilines is 1. The van der Waals surface area contributed by atoms with Gasteiger partial charge in [-0.25, -0.2) is 0 Å². The molecular formula is C10H15N5OS. The van der Waals surface area contributed by atoms with Crippen LogP contribution >= 0.6 is 11.3 Å². The van der Waals surface area contributed by atoms with Crippen LogP contribution in [0.3, 0.4) is 0 Å². The highest BCUT2D eigenvalue weighted by atomic mass is 32.1. The number of carbonyl (C=O) groups excluding carboxylic acids is 1. The lowest BCUT2D eigenvalue weighted by molar-refractivity contribution is -0.116. The molecule has 2 heterocycles. The van der Waals surface area contributed by atoms with Crippen molar-refractivity contribution in [2.75, 3.05) is 5.32 Å². The SMILES string of the molecule is CCCC(=O)Nc1nn2c(CCC)nnc2s1. The average molecular weight is 253 g/mol. The number of fused-ring (bicyclic) bond motifs is 1. The molecule has 2 aromatic rings. The molecule has 1 N–H and O–H groups in total. The second kappa shape index (κ2) is 5.22. The molecule has 2 rings (SSSR count). The van der Waals surface area contributed by atoms with Crippen molar-refractivity contribution in [3.8, 4) is 0 Å². The van der Waals surface area contributed by atoms with Crippen LogP contribution in [0.1, 0.15) is 38.9 Å². The Kier molecular flexibility index (Phi) is 3.68. The first kappa shape index (κ1) is 12.0. The number of hydrogen-bond donors (Lipinski definition) is 1. The maximum atomic E-state index is 11.4. The van der Waals surface area contributed by atoms with E-state index >= 15 is 0 Å². The predicted molar refractivity (Wildman–Crippen MR) is 66.2 cm³/mol. The van der Waals surface area contributed by atoms with Crippen LogP contribution in [0.4, 0.5) is 5.13 Å². The predicted octanol–water partition coefficient (Wildman–Crippen LogP) is 1.88. The van der Waals surface area contributed by atoms with E-state index in [-0.39, 0.29) is 5.91 Å². The van der Waals surface area contributed by atoms with E-state index in [1.165, 1.54) is 11.3 Å². The highest BCUT2D eigenvalue weighted by Gasteiger charge is 2.12. The van der Waals surface area contributed by atoms with Crippen LogP contribution in [0.5, 0.6) is 0 Å². The summed E-state index contributed by atoms with van der Waals surface area (Å²) in [5.41, 5.74) is 0. The number of hydrogen-bond acceptors (Lipinski definition) is 5. The molecule has 0 radical (unpaired) electrons. The Morgan fingerprint density at radius 1 is 1.35 bits per heavy atom. The van der Waals surface area contributed by atoms with E-state index in [0.717, 1.165) is 30.0 Å². The lowest BCUT2D eigenvalue weighted by Gasteiger charge is -1.97. The van der Waals surface area contributed by atoms with Gasteiger partial charge in [0.2, 0.25) is 16.0 Å². The van der Waals surface area contributed by atoms with E-state index < -0.39 is 0 Å². The molecule has 0 aromatic carbocycles. The third kappa shape index (κ3) is 2.60. The van der Waals surface area contributed by atoms with Crippen molar-refractivity contribution in [1.82, 2.24) is 19.8 Å². The molecule has 0 bridgehead atoms. The minimum absolute atomic E-state index is 0.00509. The fourth-order valence-electron chi connectivity index (χ4n) is 1.50. The fourth-order valence-corrected chi connectivity index (χ4v) is 2.27. The van der Waals surface area contributed by atoms with Crippen LogP contribution in [0.15, 0.2) is 0 Å². The van der Waals surface area contributed by atoms with E-state index in [4.69, 9.17) is 0 Å². The standard InChI is InChI=1S/C10H15N5OS/c1-3-5-7-12-13-10-15(7)14-9(17-10)11-8(16)6-4-2/h3-6H2,1-2H3,(H,11,14,16). The summed E-state index contributed by atoms with van der Waals surface area (Å²) in [5.74, 6) is 0.837. The molecule has 6 nitrogen and oxygen atoms in total. The van der Waals surface area contributed by atoms with Gasteiger partial charge in [-0.2, -0.15) is 4.52 Å². The minimum atomic E-state index is -0.00509. The van der Waals surface area contributed by atoms with Crippen molar-refractivity contribution in [3.63, 3.8) is 0 Å². The number of rotatable bonds is 5. The molecule has 17 heavy (non-hydrogen) atoms. The summed E-state index contributed by atoms with van der Waals surface area (Å²) >= 11 is 1.34. The van der Waals surface area contributed by atoms with Gasteiger partial charge in [0.1, 0.15) is 0 Å². The summed E-state index contributed by atoms with van der Waals surface area (Å²) < 4.78 is 1.70. The van der Waals surface area contributed by atoms with Gasteiger partial charge < -0.3 is 5.32 Å². The molecule has 0 spiro atoms. The van der Waals surface area contributed by atoms with Crippen molar-refractivity contribution >= 4 is 27.3 Å². The summed E-state index contributed by atoms with van der Waals surface area (Å²) in [5, 5.41) is 15.7. The molecule has 0 atom stereocenters. The first-order chi connectivity index (χ1) is 8.24. The molecule has 0 aliphatic rings. The Balaban J connectivity index is 2.17. The van der Waals surface area contributed by atoms with Crippen molar-refractivity contribution in [2.24, 2.45) is 0 Å². The highest BCUT2D eigenvalue weighted by molar-refractivity contribution is 7.20. The quantitative estimate of drug-likeness (QED) is 0.883. The van der Waals surface area contributed by atoms with Crippen LogP contribution in [0.2, 0.25) is 0 Å². The minimum Gasteiger partial charge on any atom is -0.301 e. The summed E-state index contributed by atoms with van der Waals surface area (Å²) in [6.07, 6.45) is 3.18. The zero-order valence-electron chi connectivity index (χ0n) is 9.93. The lowest BCUT2D eigenvalue weighted by Crippen LogP contribution is -2.10. The molecule has 0 saturated carbocycles. The Morgan fingerprint density at radius 2 is 2.18 bits per heavy atom. The van der Waals surface area contributed by atoms with E-state index in [0.29, 0.717) is 11.6 Å². The summed E-state index contributed by atoms with van der Waals surface area (Å²) in [6, 6.07) is 0. The van der Waals surface area contributed by atoms with E-state index in [2.05, 4.69) is 27.5 Å². The third-order valence-electron chi connectivity index (χ3n) is 2.25. The average Bonchev–Trinajstić information content (AvgIpc) is 2.81. The van der Waals surface area contributed by atoms with Gasteiger partial charge in [-0.1, -0.05) is 25.2 Å². The third-order valence-corrected chi connectivity index (χ3v) is 3.07. The zero-order chi connectivity index (χ0) is 12.3. The lowest BCUT2D eigenvalue weighted by atomic mass is 10.3. The Hall–Kier alpha value is -1.50. The Bertz CT molecular complexity index is 518. The molecule has 0 fully saturated rings. The van der Waals surface area contributed by atoms with Gasteiger partial charge in [-0.3, -0.25) is 4.79 Å². The van der Waals surface area contributed by atoms with Crippen LogP contribution in [-0.4, -0.2) is 25.7 Å². The highest BCUT2D eigenvalue weighted by Crippen LogP contribution is 2.19. The molecule has 0 aliphatic carbocycles. The van der Waals surface area contributed by atoms with Crippen molar-refractivity contribution in [2.45, 2.75) is 39.5 Å². The van der Waals surface area contributed by atoms with Crippen LogP contribution in [0.25, 0.3) is 4.96 Å². The largest absolute Gasteiger partial charge is 0.301 e. The topological polar surface area (TPSA) is 72.2 Å². The second-order valence-corrected chi connectivity index (χ2v) is 4.72. The maximum Gasteiger partial charge on any atom is 0.236 e. The van der Waals surface area contributed by atoms with Gasteiger partial charge in [0.15, 0.2) is 5.82 Å². The monoisotopic (exact) mass is 253 g/mol. The number of amides is 1. The zero-order valence-corrected chi connectivity index (χ0v) is 10.8. The van der Waals surface area contributed by atoms with Crippen molar-refractivity contribution < 1.29 is 4.79 Å². The molecule has 0 saturated heterocycles. The van der Waals surface area contributed by atoms with Crippen molar-refractivity contribution in [3.05, 3.63) is 5.82 Å². The smallest absolute Gasteiger partial charge is 0.236 e. The Morgan fingerprint density at radius 3 is 2.88 bits per heavy atom. The van der Waals surface area contributed by atoms with E-state index in [9.17, 15) is 4.79 Å². The normalized spacial score (nSPS) is 10.9.